The van der Waals surface area contributed by atoms with E-state index in [0.717, 1.165) is 24.1 Å². The van der Waals surface area contributed by atoms with Crippen LogP contribution in [0.4, 0.5) is 8.78 Å². The van der Waals surface area contributed by atoms with E-state index in [1.54, 1.807) is 18.2 Å². The molecule has 1 unspecified atom stereocenters. The average molecular weight is 355 g/mol. The lowest BCUT2D eigenvalue weighted by atomic mass is 9.96. The van der Waals surface area contributed by atoms with Crippen LogP contribution in [0.5, 0.6) is 0 Å². The maximum atomic E-state index is 13.9. The molecule has 4 heteroatoms. The van der Waals surface area contributed by atoms with E-state index >= 15 is 0 Å². The van der Waals surface area contributed by atoms with Crippen LogP contribution < -0.4 is 0 Å². The van der Waals surface area contributed by atoms with Gasteiger partial charge in [0.15, 0.2) is 0 Å². The molecule has 21 heavy (non-hydrogen) atoms. The van der Waals surface area contributed by atoms with Crippen molar-refractivity contribution < 1.29 is 13.9 Å². The summed E-state index contributed by atoms with van der Waals surface area (Å²) in [6.07, 6.45) is -0.462. The van der Waals surface area contributed by atoms with E-state index in [0.29, 0.717) is 16.0 Å². The Kier molecular flexibility index (Phi) is 5.12. The van der Waals surface area contributed by atoms with Gasteiger partial charge in [-0.2, -0.15) is 0 Å². The highest BCUT2D eigenvalue weighted by Crippen LogP contribution is 2.29. The summed E-state index contributed by atoms with van der Waals surface area (Å²) in [5.41, 5.74) is 1.22. The third-order valence-electron chi connectivity index (χ3n) is 3.23. The van der Waals surface area contributed by atoms with Crippen LogP contribution >= 0.6 is 15.9 Å². The second kappa shape index (κ2) is 6.67. The third kappa shape index (κ3) is 3.89. The predicted octanol–water partition coefficient (Wildman–Crippen LogP) is 5.01. The summed E-state index contributed by atoms with van der Waals surface area (Å²) in [5.74, 6) is -1.05. The molecule has 0 saturated heterocycles. The first-order valence-electron chi connectivity index (χ1n) is 6.80. The molecule has 112 valence electrons. The predicted molar refractivity (Wildman–Crippen MR) is 83.1 cm³/mol. The Labute approximate surface area is 131 Å². The van der Waals surface area contributed by atoms with Gasteiger partial charge in [0.2, 0.25) is 0 Å². The monoisotopic (exact) mass is 354 g/mol. The molecular weight excluding hydrogens is 338 g/mol. The van der Waals surface area contributed by atoms with Gasteiger partial charge in [-0.1, -0.05) is 54.0 Å². The van der Waals surface area contributed by atoms with Crippen LogP contribution in [0.1, 0.15) is 36.6 Å². The molecule has 1 N–H and O–H groups in total. The van der Waals surface area contributed by atoms with Gasteiger partial charge in [-0.05, 0) is 35.6 Å². The van der Waals surface area contributed by atoms with E-state index in [4.69, 9.17) is 0 Å². The SMILES string of the molecule is CC(C)Cc1cccc(C(O)c2c(F)cc(Br)cc2F)c1. The zero-order valence-corrected chi connectivity index (χ0v) is 13.5. The molecule has 0 amide bonds. The molecule has 1 atom stereocenters. The van der Waals surface area contributed by atoms with E-state index in [-0.39, 0.29) is 5.56 Å². The van der Waals surface area contributed by atoms with Gasteiger partial charge < -0.3 is 5.11 Å². The molecule has 0 saturated carbocycles. The van der Waals surface area contributed by atoms with Crippen molar-refractivity contribution in [3.05, 3.63) is 69.2 Å². The molecule has 1 nitrogen and oxygen atoms in total. The van der Waals surface area contributed by atoms with Crippen molar-refractivity contribution in [2.24, 2.45) is 5.92 Å². The molecule has 0 radical (unpaired) electrons. The van der Waals surface area contributed by atoms with Crippen molar-refractivity contribution in [2.45, 2.75) is 26.4 Å². The second-order valence-electron chi connectivity index (χ2n) is 5.53. The minimum atomic E-state index is -1.31. The number of halogens is 3. The van der Waals surface area contributed by atoms with Crippen LogP contribution in [-0.4, -0.2) is 5.11 Å². The summed E-state index contributed by atoms with van der Waals surface area (Å²) in [5, 5.41) is 10.3. The standard InChI is InChI=1S/C17H17BrF2O/c1-10(2)6-11-4-3-5-12(7-11)17(21)16-14(19)8-13(18)9-15(16)20/h3-5,7-10,17,21H,6H2,1-2H3. The highest BCUT2D eigenvalue weighted by atomic mass is 79.9. The molecule has 2 aromatic rings. The molecule has 2 aromatic carbocycles. The zero-order chi connectivity index (χ0) is 15.6. The molecular formula is C17H17BrF2O. The van der Waals surface area contributed by atoms with Crippen molar-refractivity contribution >= 4 is 15.9 Å². The zero-order valence-electron chi connectivity index (χ0n) is 11.9. The van der Waals surface area contributed by atoms with E-state index < -0.39 is 17.7 Å². The third-order valence-corrected chi connectivity index (χ3v) is 3.69. The van der Waals surface area contributed by atoms with Crippen molar-refractivity contribution in [2.75, 3.05) is 0 Å². The van der Waals surface area contributed by atoms with E-state index in [1.807, 2.05) is 6.07 Å². The maximum absolute atomic E-state index is 13.9. The first-order chi connectivity index (χ1) is 9.88. The highest BCUT2D eigenvalue weighted by Gasteiger charge is 2.20. The van der Waals surface area contributed by atoms with E-state index in [2.05, 4.69) is 29.8 Å². The number of benzene rings is 2. The number of rotatable bonds is 4. The summed E-state index contributed by atoms with van der Waals surface area (Å²) < 4.78 is 28.2. The normalized spacial score (nSPS) is 12.7. The summed E-state index contributed by atoms with van der Waals surface area (Å²) in [6.45, 7) is 4.19. The molecule has 0 aliphatic rings. The Morgan fingerprint density at radius 2 is 1.71 bits per heavy atom. The van der Waals surface area contributed by atoms with E-state index in [1.165, 1.54) is 0 Å². The van der Waals surface area contributed by atoms with Gasteiger partial charge >= 0.3 is 0 Å². The van der Waals surface area contributed by atoms with E-state index in [9.17, 15) is 13.9 Å². The van der Waals surface area contributed by atoms with Crippen molar-refractivity contribution in [1.82, 2.24) is 0 Å². The average Bonchev–Trinajstić information content (AvgIpc) is 2.36. The van der Waals surface area contributed by atoms with Crippen LogP contribution in [0.2, 0.25) is 0 Å². The largest absolute Gasteiger partial charge is 0.383 e. The van der Waals surface area contributed by atoms with Crippen LogP contribution in [0, 0.1) is 17.6 Å². The Hall–Kier alpha value is -1.26. The van der Waals surface area contributed by atoms with Crippen LogP contribution in [-0.2, 0) is 6.42 Å². The minimum absolute atomic E-state index is 0.307. The van der Waals surface area contributed by atoms with Gasteiger partial charge in [0.1, 0.15) is 17.7 Å². The molecule has 2 rings (SSSR count). The lowest BCUT2D eigenvalue weighted by molar-refractivity contribution is 0.209. The Balaban J connectivity index is 2.38. The minimum Gasteiger partial charge on any atom is -0.383 e. The van der Waals surface area contributed by atoms with Crippen molar-refractivity contribution in [3.63, 3.8) is 0 Å². The topological polar surface area (TPSA) is 20.2 Å². The van der Waals surface area contributed by atoms with Crippen molar-refractivity contribution in [1.29, 1.82) is 0 Å². The second-order valence-corrected chi connectivity index (χ2v) is 6.44. The number of hydrogen-bond donors (Lipinski definition) is 1. The van der Waals surface area contributed by atoms with Crippen LogP contribution in [0.15, 0.2) is 40.9 Å². The number of hydrogen-bond acceptors (Lipinski definition) is 1. The fraction of sp³-hybridized carbons (Fsp3) is 0.294. The number of aliphatic hydroxyl groups is 1. The summed E-state index contributed by atoms with van der Waals surface area (Å²) >= 11 is 3.03. The lowest BCUT2D eigenvalue weighted by Crippen LogP contribution is -2.07. The number of aliphatic hydroxyl groups excluding tert-OH is 1. The van der Waals surface area contributed by atoms with Gasteiger partial charge in [0.05, 0.1) is 5.56 Å². The van der Waals surface area contributed by atoms with Gasteiger partial charge in [0.25, 0.3) is 0 Å². The van der Waals surface area contributed by atoms with Crippen molar-refractivity contribution in [3.8, 4) is 0 Å². The van der Waals surface area contributed by atoms with Gasteiger partial charge in [-0.25, -0.2) is 8.78 Å². The fourth-order valence-electron chi connectivity index (χ4n) is 2.34. The summed E-state index contributed by atoms with van der Waals surface area (Å²) in [7, 11) is 0. The lowest BCUT2D eigenvalue weighted by Gasteiger charge is -2.15. The van der Waals surface area contributed by atoms with Crippen LogP contribution in [0.25, 0.3) is 0 Å². The quantitative estimate of drug-likeness (QED) is 0.818. The molecule has 0 fully saturated rings. The molecule has 0 aliphatic carbocycles. The van der Waals surface area contributed by atoms with Gasteiger partial charge in [0, 0.05) is 4.47 Å². The Bertz CT molecular complexity index is 617. The van der Waals surface area contributed by atoms with Gasteiger partial charge in [-0.3, -0.25) is 0 Å². The smallest absolute Gasteiger partial charge is 0.133 e. The first kappa shape index (κ1) is 16.1. The van der Waals surface area contributed by atoms with Gasteiger partial charge in [-0.15, -0.1) is 0 Å². The molecule has 0 spiro atoms. The summed E-state index contributed by atoms with van der Waals surface area (Å²) in [6, 6.07) is 9.52. The molecule has 0 heterocycles. The first-order valence-corrected chi connectivity index (χ1v) is 7.59. The molecule has 0 aliphatic heterocycles. The molecule has 0 bridgehead atoms. The Morgan fingerprint density at radius 3 is 2.29 bits per heavy atom. The highest BCUT2D eigenvalue weighted by molar-refractivity contribution is 9.10. The summed E-state index contributed by atoms with van der Waals surface area (Å²) in [4.78, 5) is 0. The Morgan fingerprint density at radius 1 is 1.10 bits per heavy atom. The maximum Gasteiger partial charge on any atom is 0.133 e. The van der Waals surface area contributed by atoms with Crippen LogP contribution in [0.3, 0.4) is 0 Å². The molecule has 0 aromatic heterocycles. The fourth-order valence-corrected chi connectivity index (χ4v) is 2.74.